The topological polar surface area (TPSA) is 104 Å². The van der Waals surface area contributed by atoms with E-state index in [9.17, 15) is 18.0 Å². The molecule has 12 heteroatoms. The van der Waals surface area contributed by atoms with E-state index < -0.39 is 26.1 Å². The van der Waals surface area contributed by atoms with E-state index in [4.69, 9.17) is 10.5 Å². The van der Waals surface area contributed by atoms with Crippen LogP contribution in [-0.2, 0) is 11.5 Å². The molecule has 0 saturated heterocycles. The van der Waals surface area contributed by atoms with Crippen LogP contribution in [-0.4, -0.2) is 41.7 Å². The molecule has 3 rings (SSSR count). The summed E-state index contributed by atoms with van der Waals surface area (Å²) >= 11 is 0. The van der Waals surface area contributed by atoms with Gasteiger partial charge in [0.2, 0.25) is 0 Å². The van der Waals surface area contributed by atoms with E-state index in [1.807, 2.05) is 0 Å². The smallest absolute Gasteiger partial charge is 0.405 e. The van der Waals surface area contributed by atoms with Crippen molar-refractivity contribution in [2.45, 2.75) is 45.7 Å². The van der Waals surface area contributed by atoms with E-state index in [1.165, 1.54) is 30.3 Å². The summed E-state index contributed by atoms with van der Waals surface area (Å²) in [5.41, 5.74) is 7.22. The molecule has 0 bridgehead atoms. The minimum Gasteiger partial charge on any atom is -0.405 e. The number of rotatable bonds is 9. The number of nitrogens with one attached hydrogen (secondary N) is 1. The molecule has 0 unspecified atom stereocenters. The Morgan fingerprint density at radius 2 is 1.86 bits per heavy atom. The molecule has 1 aromatic carbocycles. The highest BCUT2D eigenvalue weighted by Crippen LogP contribution is 2.36. The zero-order valence-electron chi connectivity index (χ0n) is 19.9. The molecule has 188 valence electrons. The van der Waals surface area contributed by atoms with Gasteiger partial charge in [-0.25, -0.2) is 9.67 Å². The molecule has 0 fully saturated rings. The van der Waals surface area contributed by atoms with Crippen LogP contribution in [0.15, 0.2) is 42.6 Å². The zero-order valence-corrected chi connectivity index (χ0v) is 20.9. The predicted molar refractivity (Wildman–Crippen MR) is 130 cm³/mol. The van der Waals surface area contributed by atoms with Crippen LogP contribution in [0, 0.1) is 6.92 Å². The third-order valence-corrected chi connectivity index (χ3v) is 6.68. The second kappa shape index (κ2) is 10.5. The highest BCUT2D eigenvalue weighted by atomic mass is 28.3. The van der Waals surface area contributed by atoms with Gasteiger partial charge in [-0.1, -0.05) is 37.8 Å². The molecule has 3 N–H and O–H groups in total. The maximum Gasteiger partial charge on any atom is 0.573 e. The van der Waals surface area contributed by atoms with E-state index in [0.717, 1.165) is 6.04 Å². The van der Waals surface area contributed by atoms with Crippen molar-refractivity contribution in [2.75, 3.05) is 17.7 Å². The van der Waals surface area contributed by atoms with E-state index >= 15 is 0 Å². The normalized spacial score (nSPS) is 12.0. The largest absolute Gasteiger partial charge is 0.573 e. The van der Waals surface area contributed by atoms with Crippen LogP contribution in [0.4, 0.5) is 24.8 Å². The zero-order chi connectivity index (χ0) is 25.8. The summed E-state index contributed by atoms with van der Waals surface area (Å²) in [6.07, 6.45) is -3.27. The standard InChI is InChI=1S/C23H28F3N5O3Si/c1-15-18(13-31(30-15)14-33-11-12-35(2,3)4)22(32)29-20-10-9-17(21(27)28-20)16-7-5-6-8-19(16)34-23(24,25)26/h5-10,13H,11-12,14H2,1-4H3,(H3,27,28,29,32). The number of alkyl halides is 3. The van der Waals surface area contributed by atoms with Crippen molar-refractivity contribution in [3.8, 4) is 16.9 Å². The number of hydrogen-bond donors (Lipinski definition) is 2. The lowest BCUT2D eigenvalue weighted by Gasteiger charge is -2.15. The number of para-hydroxylation sites is 1. The maximum absolute atomic E-state index is 12.8. The third-order valence-electron chi connectivity index (χ3n) is 4.98. The molecule has 8 nitrogen and oxygen atoms in total. The summed E-state index contributed by atoms with van der Waals surface area (Å²) in [6.45, 7) is 9.36. The molecule has 0 spiro atoms. The molecule has 1 amide bonds. The highest BCUT2D eigenvalue weighted by Gasteiger charge is 2.32. The Kier molecular flexibility index (Phi) is 7.85. The number of nitrogen functional groups attached to an aromatic ring is 1. The number of hydrogen-bond acceptors (Lipinski definition) is 6. The number of carbonyl (C=O) groups excluding carboxylic acids is 1. The number of benzene rings is 1. The van der Waals surface area contributed by atoms with Gasteiger partial charge >= 0.3 is 6.36 Å². The van der Waals surface area contributed by atoms with Crippen molar-refractivity contribution in [1.29, 1.82) is 0 Å². The van der Waals surface area contributed by atoms with Gasteiger partial charge < -0.3 is 20.5 Å². The molecule has 0 aliphatic heterocycles. The van der Waals surface area contributed by atoms with Crippen molar-refractivity contribution < 1.29 is 27.4 Å². The lowest BCUT2D eigenvalue weighted by atomic mass is 10.1. The number of pyridine rings is 1. The van der Waals surface area contributed by atoms with Gasteiger partial charge in [0.05, 0.1) is 11.3 Å². The van der Waals surface area contributed by atoms with Crippen LogP contribution >= 0.6 is 0 Å². The van der Waals surface area contributed by atoms with Crippen molar-refractivity contribution in [2.24, 2.45) is 0 Å². The number of aromatic nitrogens is 3. The molecular formula is C23H28F3N5O3Si. The van der Waals surface area contributed by atoms with Gasteiger partial charge in [0, 0.05) is 32.0 Å². The second-order valence-corrected chi connectivity index (χ2v) is 14.8. The van der Waals surface area contributed by atoms with Gasteiger partial charge in [0.1, 0.15) is 24.1 Å². The summed E-state index contributed by atoms with van der Waals surface area (Å²) < 4.78 is 49.5. The lowest BCUT2D eigenvalue weighted by Crippen LogP contribution is -2.22. The lowest BCUT2D eigenvalue weighted by molar-refractivity contribution is -0.274. The van der Waals surface area contributed by atoms with Gasteiger partial charge in [-0.3, -0.25) is 4.79 Å². The Morgan fingerprint density at radius 3 is 2.51 bits per heavy atom. The molecule has 0 aliphatic rings. The summed E-state index contributed by atoms with van der Waals surface area (Å²) in [5, 5.41) is 6.95. The van der Waals surface area contributed by atoms with Crippen LogP contribution < -0.4 is 15.8 Å². The van der Waals surface area contributed by atoms with Crippen LogP contribution in [0.3, 0.4) is 0 Å². The molecule has 0 aliphatic carbocycles. The first-order valence-corrected chi connectivity index (χ1v) is 14.6. The minimum atomic E-state index is -4.85. The van der Waals surface area contributed by atoms with Crippen LogP contribution in [0.5, 0.6) is 5.75 Å². The molecule has 0 radical (unpaired) electrons. The second-order valence-electron chi connectivity index (χ2n) is 9.14. The van der Waals surface area contributed by atoms with E-state index in [1.54, 1.807) is 23.9 Å². The van der Waals surface area contributed by atoms with E-state index in [2.05, 4.69) is 39.8 Å². The number of nitrogens with zero attached hydrogens (tertiary/aromatic N) is 3. The quantitative estimate of drug-likeness (QED) is 0.301. The summed E-state index contributed by atoms with van der Waals surface area (Å²) in [7, 11) is -1.20. The first-order chi connectivity index (χ1) is 16.3. The number of nitrogens with two attached hydrogens (primary N) is 1. The monoisotopic (exact) mass is 507 g/mol. The highest BCUT2D eigenvalue weighted by molar-refractivity contribution is 6.76. The Bertz CT molecular complexity index is 1190. The fourth-order valence-corrected chi connectivity index (χ4v) is 3.96. The molecule has 0 atom stereocenters. The number of aryl methyl sites for hydroxylation is 1. The van der Waals surface area contributed by atoms with Crippen LogP contribution in [0.25, 0.3) is 11.1 Å². The van der Waals surface area contributed by atoms with Crippen LogP contribution in [0.1, 0.15) is 16.1 Å². The van der Waals surface area contributed by atoms with Gasteiger partial charge in [-0.15, -0.1) is 13.2 Å². The van der Waals surface area contributed by atoms with Gasteiger partial charge in [-0.05, 0) is 31.2 Å². The number of anilines is 2. The fourth-order valence-electron chi connectivity index (χ4n) is 3.20. The van der Waals surface area contributed by atoms with Crippen molar-refractivity contribution in [1.82, 2.24) is 14.8 Å². The minimum absolute atomic E-state index is 0.0655. The Balaban J connectivity index is 1.70. The van der Waals surface area contributed by atoms with Gasteiger partial charge in [0.25, 0.3) is 5.91 Å². The molecule has 0 saturated carbocycles. The SMILES string of the molecule is Cc1nn(COCC[Si](C)(C)C)cc1C(=O)Nc1ccc(-c2ccccc2OC(F)(F)F)c(N)n1. The molecule has 2 heterocycles. The van der Waals surface area contributed by atoms with Crippen molar-refractivity contribution >= 4 is 25.6 Å². The van der Waals surface area contributed by atoms with Crippen molar-refractivity contribution in [3.63, 3.8) is 0 Å². The molecule has 35 heavy (non-hydrogen) atoms. The fraction of sp³-hybridized carbons (Fsp3) is 0.348. The summed E-state index contributed by atoms with van der Waals surface area (Å²) in [5.74, 6) is -0.773. The Labute approximate surface area is 202 Å². The summed E-state index contributed by atoms with van der Waals surface area (Å²) in [4.78, 5) is 16.9. The molecule has 2 aromatic heterocycles. The van der Waals surface area contributed by atoms with Gasteiger partial charge in [-0.2, -0.15) is 5.10 Å². The molecule has 3 aromatic rings. The number of halogens is 3. The van der Waals surface area contributed by atoms with Gasteiger partial charge in [0.15, 0.2) is 0 Å². The average Bonchev–Trinajstić information content (AvgIpc) is 3.11. The number of carbonyl (C=O) groups is 1. The first kappa shape index (κ1) is 26.2. The first-order valence-electron chi connectivity index (χ1n) is 10.9. The van der Waals surface area contributed by atoms with Crippen molar-refractivity contribution in [3.05, 3.63) is 53.9 Å². The molecular weight excluding hydrogens is 479 g/mol. The summed E-state index contributed by atoms with van der Waals surface area (Å²) in [6, 6.07) is 9.55. The third kappa shape index (κ3) is 7.55. The predicted octanol–water partition coefficient (Wildman–Crippen LogP) is 5.30. The van der Waals surface area contributed by atoms with Crippen LogP contribution in [0.2, 0.25) is 25.7 Å². The Morgan fingerprint density at radius 1 is 1.14 bits per heavy atom. The Hall–Kier alpha value is -3.38. The van der Waals surface area contributed by atoms with E-state index in [0.29, 0.717) is 17.9 Å². The number of amides is 1. The number of ether oxygens (including phenoxy) is 2. The average molecular weight is 508 g/mol. The van der Waals surface area contributed by atoms with E-state index in [-0.39, 0.29) is 29.5 Å². The maximum atomic E-state index is 12.8.